The Labute approximate surface area is 157 Å². The molecule has 0 saturated carbocycles. The van der Waals surface area contributed by atoms with Gasteiger partial charge in [-0.2, -0.15) is 0 Å². The van der Waals surface area contributed by atoms with Crippen LogP contribution in [0.3, 0.4) is 0 Å². The minimum Gasteiger partial charge on any atom is -0.497 e. The van der Waals surface area contributed by atoms with Gasteiger partial charge in [-0.05, 0) is 36.2 Å². The molecule has 6 nitrogen and oxygen atoms in total. The summed E-state index contributed by atoms with van der Waals surface area (Å²) in [5, 5.41) is 4.35. The third kappa shape index (κ3) is 2.33. The van der Waals surface area contributed by atoms with E-state index >= 15 is 0 Å². The molecule has 5 rings (SSSR count). The predicted molar refractivity (Wildman–Crippen MR) is 100.0 cm³/mol. The van der Waals surface area contributed by atoms with Crippen molar-refractivity contribution in [1.82, 2.24) is 10.0 Å². The van der Waals surface area contributed by atoms with Crippen molar-refractivity contribution < 1.29 is 14.3 Å². The zero-order valence-electron chi connectivity index (χ0n) is 15.1. The summed E-state index contributed by atoms with van der Waals surface area (Å²) in [6.45, 7) is 1.70. The molecule has 0 unspecified atom stereocenters. The molecule has 0 aromatic heterocycles. The first kappa shape index (κ1) is 16.5. The van der Waals surface area contributed by atoms with Crippen molar-refractivity contribution in [3.8, 4) is 5.75 Å². The highest BCUT2D eigenvalue weighted by Gasteiger charge is 2.62. The number of carbonyl (C=O) groups is 2. The van der Waals surface area contributed by atoms with Gasteiger partial charge in [0.05, 0.1) is 24.8 Å². The standard InChI is InChI=1S/C21H21N3O3/c1-27-16-10-8-15(9-11-16)24-20(25)17-18(14-6-3-2-4-7-14)22-12-5-13-23(22)19(17)21(24)26/h2-4,6-11,17-19H,5,12-13H2,1H3/t17-,18+,19+/m1/s1. The maximum atomic E-state index is 13.4. The van der Waals surface area contributed by atoms with Crippen LogP contribution in [0.25, 0.3) is 0 Å². The highest BCUT2D eigenvalue weighted by atomic mass is 16.5. The summed E-state index contributed by atoms with van der Waals surface area (Å²) < 4.78 is 5.19. The first-order valence-electron chi connectivity index (χ1n) is 9.31. The summed E-state index contributed by atoms with van der Waals surface area (Å²) in [6, 6.07) is 16.7. The number of ether oxygens (including phenoxy) is 1. The number of rotatable bonds is 3. The van der Waals surface area contributed by atoms with Crippen LogP contribution in [-0.4, -0.2) is 48.1 Å². The second-order valence-electron chi connectivity index (χ2n) is 7.22. The number of hydrogen-bond donors (Lipinski definition) is 0. The van der Waals surface area contributed by atoms with E-state index < -0.39 is 6.04 Å². The molecule has 2 aromatic rings. The van der Waals surface area contributed by atoms with Crippen molar-refractivity contribution in [3.63, 3.8) is 0 Å². The Balaban J connectivity index is 1.55. The van der Waals surface area contributed by atoms with Crippen molar-refractivity contribution in [2.45, 2.75) is 18.5 Å². The maximum absolute atomic E-state index is 13.4. The summed E-state index contributed by atoms with van der Waals surface area (Å²) in [5.41, 5.74) is 1.70. The van der Waals surface area contributed by atoms with Gasteiger partial charge in [0.1, 0.15) is 11.8 Å². The molecule has 0 spiro atoms. The SMILES string of the molecule is COc1ccc(N2C(=O)[C@H]3[C@@H](C2=O)N2CCCN2[C@H]3c2ccccc2)cc1. The third-order valence-corrected chi connectivity index (χ3v) is 5.88. The highest BCUT2D eigenvalue weighted by molar-refractivity contribution is 6.24. The van der Waals surface area contributed by atoms with Crippen LogP contribution < -0.4 is 9.64 Å². The fourth-order valence-corrected chi connectivity index (χ4v) is 4.75. The van der Waals surface area contributed by atoms with Crippen molar-refractivity contribution >= 4 is 17.5 Å². The molecule has 3 heterocycles. The minimum atomic E-state index is -0.410. The van der Waals surface area contributed by atoms with E-state index in [1.165, 1.54) is 4.90 Å². The van der Waals surface area contributed by atoms with E-state index in [1.807, 2.05) is 18.2 Å². The van der Waals surface area contributed by atoms with E-state index in [0.29, 0.717) is 11.4 Å². The summed E-state index contributed by atoms with van der Waals surface area (Å²) in [6.07, 6.45) is 1.01. The molecule has 0 N–H and O–H groups in total. The van der Waals surface area contributed by atoms with Gasteiger partial charge < -0.3 is 4.74 Å². The quantitative estimate of drug-likeness (QED) is 0.783. The van der Waals surface area contributed by atoms with Crippen LogP contribution in [-0.2, 0) is 9.59 Å². The van der Waals surface area contributed by atoms with Crippen LogP contribution >= 0.6 is 0 Å². The predicted octanol–water partition coefficient (Wildman–Crippen LogP) is 2.23. The van der Waals surface area contributed by atoms with Crippen LogP contribution in [0.2, 0.25) is 0 Å². The van der Waals surface area contributed by atoms with Crippen molar-refractivity contribution in [1.29, 1.82) is 0 Å². The maximum Gasteiger partial charge on any atom is 0.253 e. The monoisotopic (exact) mass is 363 g/mol. The fraction of sp³-hybridized carbons (Fsp3) is 0.333. The average molecular weight is 363 g/mol. The van der Waals surface area contributed by atoms with Gasteiger partial charge in [-0.1, -0.05) is 30.3 Å². The number of imide groups is 1. The Hall–Kier alpha value is -2.70. The molecule has 2 amide bonds. The van der Waals surface area contributed by atoms with Crippen molar-refractivity contribution in [2.75, 3.05) is 25.1 Å². The molecule has 6 heteroatoms. The molecule has 0 aliphatic carbocycles. The van der Waals surface area contributed by atoms with Crippen LogP contribution in [0.1, 0.15) is 18.0 Å². The lowest BCUT2D eigenvalue weighted by Crippen LogP contribution is -2.44. The number of benzene rings is 2. The van der Waals surface area contributed by atoms with Gasteiger partial charge in [0.25, 0.3) is 5.91 Å². The first-order chi connectivity index (χ1) is 13.2. The molecule has 3 aliphatic heterocycles. The number of nitrogens with zero attached hydrogens (tertiary/aromatic N) is 3. The minimum absolute atomic E-state index is 0.0848. The molecule has 0 bridgehead atoms. The van der Waals surface area contributed by atoms with Gasteiger partial charge >= 0.3 is 0 Å². The third-order valence-electron chi connectivity index (χ3n) is 5.88. The Morgan fingerprint density at radius 2 is 1.52 bits per heavy atom. The smallest absolute Gasteiger partial charge is 0.253 e. The molecule has 0 radical (unpaired) electrons. The van der Waals surface area contributed by atoms with Gasteiger partial charge in [0.2, 0.25) is 5.91 Å². The van der Waals surface area contributed by atoms with Gasteiger partial charge in [0, 0.05) is 13.1 Å². The number of hydrazine groups is 1. The van der Waals surface area contributed by atoms with Crippen LogP contribution in [0.5, 0.6) is 5.75 Å². The number of methoxy groups -OCH3 is 1. The lowest BCUT2D eigenvalue weighted by atomic mass is 9.90. The Kier molecular flexibility index (Phi) is 3.77. The van der Waals surface area contributed by atoms with E-state index in [-0.39, 0.29) is 23.8 Å². The molecule has 3 saturated heterocycles. The average Bonchev–Trinajstić information content (AvgIpc) is 3.35. The fourth-order valence-electron chi connectivity index (χ4n) is 4.75. The van der Waals surface area contributed by atoms with Crippen LogP contribution in [0, 0.1) is 5.92 Å². The van der Waals surface area contributed by atoms with E-state index in [2.05, 4.69) is 22.2 Å². The van der Waals surface area contributed by atoms with Gasteiger partial charge in [-0.3, -0.25) is 9.59 Å². The number of amides is 2. The molecule has 3 fully saturated rings. The normalized spacial score (nSPS) is 27.9. The summed E-state index contributed by atoms with van der Waals surface area (Å²) >= 11 is 0. The van der Waals surface area contributed by atoms with Crippen LogP contribution in [0.15, 0.2) is 54.6 Å². The molecule has 3 aliphatic rings. The Bertz CT molecular complexity index is 883. The first-order valence-corrected chi connectivity index (χ1v) is 9.31. The second-order valence-corrected chi connectivity index (χ2v) is 7.22. The zero-order chi connectivity index (χ0) is 18.5. The number of carbonyl (C=O) groups excluding carboxylic acids is 2. The molecule has 2 aromatic carbocycles. The Morgan fingerprint density at radius 3 is 2.19 bits per heavy atom. The summed E-state index contributed by atoms with van der Waals surface area (Å²) in [5.74, 6) is 0.0899. The topological polar surface area (TPSA) is 53.1 Å². The van der Waals surface area contributed by atoms with Crippen LogP contribution in [0.4, 0.5) is 5.69 Å². The number of anilines is 1. The van der Waals surface area contributed by atoms with Gasteiger partial charge in [-0.15, -0.1) is 0 Å². The molecule has 138 valence electrons. The van der Waals surface area contributed by atoms with Gasteiger partial charge in [-0.25, -0.2) is 14.9 Å². The second kappa shape index (κ2) is 6.18. The molecule has 27 heavy (non-hydrogen) atoms. The number of hydrogen-bond acceptors (Lipinski definition) is 5. The molecule has 3 atom stereocenters. The molecular formula is C21H21N3O3. The van der Waals surface area contributed by atoms with E-state index in [9.17, 15) is 9.59 Å². The van der Waals surface area contributed by atoms with E-state index in [4.69, 9.17) is 4.74 Å². The number of fused-ring (bicyclic) bond motifs is 3. The summed E-state index contributed by atoms with van der Waals surface area (Å²) in [7, 11) is 1.60. The lowest BCUT2D eigenvalue weighted by Gasteiger charge is -2.29. The largest absolute Gasteiger partial charge is 0.497 e. The highest BCUT2D eigenvalue weighted by Crippen LogP contribution is 2.48. The van der Waals surface area contributed by atoms with E-state index in [1.54, 1.807) is 31.4 Å². The van der Waals surface area contributed by atoms with Crippen molar-refractivity contribution in [2.24, 2.45) is 5.92 Å². The van der Waals surface area contributed by atoms with Crippen molar-refractivity contribution in [3.05, 3.63) is 60.2 Å². The zero-order valence-corrected chi connectivity index (χ0v) is 15.1. The van der Waals surface area contributed by atoms with E-state index in [0.717, 1.165) is 25.1 Å². The summed E-state index contributed by atoms with van der Waals surface area (Å²) in [4.78, 5) is 28.0. The Morgan fingerprint density at radius 1 is 0.852 bits per heavy atom. The lowest BCUT2D eigenvalue weighted by molar-refractivity contribution is -0.126. The molecular weight excluding hydrogens is 342 g/mol. The van der Waals surface area contributed by atoms with Gasteiger partial charge in [0.15, 0.2) is 0 Å².